The van der Waals surface area contributed by atoms with Crippen molar-refractivity contribution in [1.82, 2.24) is 16.0 Å². The third-order valence-corrected chi connectivity index (χ3v) is 5.55. The van der Waals surface area contributed by atoms with Crippen molar-refractivity contribution in [1.29, 1.82) is 0 Å². The fourth-order valence-electron chi connectivity index (χ4n) is 2.82. The highest BCUT2D eigenvalue weighted by Gasteiger charge is 2.30. The largest absolute Gasteiger partial charge is 0.481 e. The smallest absolute Gasteiger partial charge is 0.326 e. The standard InChI is InChI=1S/C20H37N5O8S/c1-11(26)16(22)19(31)24-13(8-10-34-2)18(30)23-12(5-3-4-9-21)17(29)25-14(20(32)33)6-7-15(27)28/h11-14,16,26H,3-10,21-22H2,1-2H3,(H,23,30)(H,24,31)(H,25,29)(H,27,28)(H,32,33). The number of nitrogens with two attached hydrogens (primary N) is 2. The normalized spacial score (nSPS) is 15.3. The van der Waals surface area contributed by atoms with Crippen molar-refractivity contribution >= 4 is 41.4 Å². The van der Waals surface area contributed by atoms with E-state index < -0.39 is 66.4 Å². The van der Waals surface area contributed by atoms with Crippen LogP contribution in [-0.4, -0.2) is 93.8 Å². The number of carbonyl (C=O) groups excluding carboxylic acids is 3. The number of unbranched alkanes of at least 4 members (excludes halogenated alkanes) is 1. The highest BCUT2D eigenvalue weighted by Crippen LogP contribution is 2.07. The Labute approximate surface area is 202 Å². The Morgan fingerprint density at radius 3 is 1.85 bits per heavy atom. The molecule has 5 atom stereocenters. The first-order valence-electron chi connectivity index (χ1n) is 10.9. The van der Waals surface area contributed by atoms with Crippen LogP contribution in [0.15, 0.2) is 0 Å². The second-order valence-electron chi connectivity index (χ2n) is 7.79. The minimum atomic E-state index is -1.45. The van der Waals surface area contributed by atoms with E-state index in [1.807, 2.05) is 6.26 Å². The predicted molar refractivity (Wildman–Crippen MR) is 126 cm³/mol. The first-order valence-corrected chi connectivity index (χ1v) is 12.3. The van der Waals surface area contributed by atoms with Gasteiger partial charge in [-0.25, -0.2) is 4.79 Å². The van der Waals surface area contributed by atoms with Crippen LogP contribution in [0, 0.1) is 0 Å². The molecule has 0 aromatic rings. The zero-order chi connectivity index (χ0) is 26.3. The van der Waals surface area contributed by atoms with Crippen molar-refractivity contribution in [3.63, 3.8) is 0 Å². The molecule has 0 rings (SSSR count). The number of carbonyl (C=O) groups is 5. The molecule has 0 saturated carbocycles. The molecular formula is C20H37N5O8S. The number of hydrogen-bond acceptors (Lipinski definition) is 9. The number of carboxylic acids is 2. The van der Waals surface area contributed by atoms with E-state index in [0.29, 0.717) is 25.1 Å². The third kappa shape index (κ3) is 12.7. The summed E-state index contributed by atoms with van der Waals surface area (Å²) in [5.41, 5.74) is 11.1. The second-order valence-corrected chi connectivity index (χ2v) is 8.77. The molecule has 0 radical (unpaired) electrons. The molecule has 0 aromatic carbocycles. The van der Waals surface area contributed by atoms with E-state index in [1.54, 1.807) is 0 Å². The number of aliphatic hydroxyl groups excluding tert-OH is 1. The topological polar surface area (TPSA) is 234 Å². The summed E-state index contributed by atoms with van der Waals surface area (Å²) in [5, 5.41) is 34.9. The van der Waals surface area contributed by atoms with Gasteiger partial charge in [0.1, 0.15) is 24.2 Å². The van der Waals surface area contributed by atoms with Crippen LogP contribution in [0.2, 0.25) is 0 Å². The first kappa shape index (κ1) is 31.6. The van der Waals surface area contributed by atoms with Crippen molar-refractivity contribution in [2.24, 2.45) is 11.5 Å². The first-order chi connectivity index (χ1) is 15.9. The number of nitrogens with one attached hydrogen (secondary N) is 3. The van der Waals surface area contributed by atoms with Crippen LogP contribution in [-0.2, 0) is 24.0 Å². The molecule has 3 amide bonds. The number of aliphatic carboxylic acids is 2. The van der Waals surface area contributed by atoms with E-state index in [2.05, 4.69) is 16.0 Å². The summed E-state index contributed by atoms with van der Waals surface area (Å²) >= 11 is 1.43. The quantitative estimate of drug-likeness (QED) is 0.0943. The average Bonchev–Trinajstić information content (AvgIpc) is 2.77. The summed E-state index contributed by atoms with van der Waals surface area (Å²) in [4.78, 5) is 60.1. The van der Waals surface area contributed by atoms with Crippen molar-refractivity contribution in [3.8, 4) is 0 Å². The molecule has 0 bridgehead atoms. The molecule has 0 saturated heterocycles. The summed E-state index contributed by atoms with van der Waals surface area (Å²) in [6.45, 7) is 1.69. The molecule has 196 valence electrons. The van der Waals surface area contributed by atoms with Crippen LogP contribution in [0.1, 0.15) is 45.4 Å². The van der Waals surface area contributed by atoms with Gasteiger partial charge in [-0.3, -0.25) is 19.2 Å². The summed E-state index contributed by atoms with van der Waals surface area (Å²) < 4.78 is 0. The Morgan fingerprint density at radius 2 is 1.38 bits per heavy atom. The van der Waals surface area contributed by atoms with Crippen LogP contribution < -0.4 is 27.4 Å². The lowest BCUT2D eigenvalue weighted by molar-refractivity contribution is -0.143. The molecule has 10 N–H and O–H groups in total. The highest BCUT2D eigenvalue weighted by molar-refractivity contribution is 7.98. The van der Waals surface area contributed by atoms with Gasteiger partial charge in [-0.05, 0) is 57.6 Å². The zero-order valence-electron chi connectivity index (χ0n) is 19.5. The van der Waals surface area contributed by atoms with E-state index in [0.717, 1.165) is 0 Å². The molecule has 0 spiro atoms. The lowest BCUT2D eigenvalue weighted by Gasteiger charge is -2.25. The molecule has 14 heteroatoms. The number of aliphatic hydroxyl groups is 1. The highest BCUT2D eigenvalue weighted by atomic mass is 32.2. The van der Waals surface area contributed by atoms with Gasteiger partial charge in [0.25, 0.3) is 0 Å². The fourth-order valence-corrected chi connectivity index (χ4v) is 3.29. The second kappa shape index (κ2) is 17.1. The van der Waals surface area contributed by atoms with Crippen molar-refractivity contribution in [3.05, 3.63) is 0 Å². The molecule has 13 nitrogen and oxygen atoms in total. The lowest BCUT2D eigenvalue weighted by Crippen LogP contribution is -2.58. The van der Waals surface area contributed by atoms with E-state index in [1.165, 1.54) is 18.7 Å². The third-order valence-electron chi connectivity index (χ3n) is 4.91. The molecule has 0 aliphatic heterocycles. The van der Waals surface area contributed by atoms with Crippen molar-refractivity contribution in [2.75, 3.05) is 18.6 Å². The molecule has 0 aromatic heterocycles. The maximum atomic E-state index is 12.9. The number of carboxylic acid groups (broad SMARTS) is 2. The van der Waals surface area contributed by atoms with Crippen LogP contribution in [0.5, 0.6) is 0 Å². The lowest BCUT2D eigenvalue weighted by atomic mass is 10.1. The molecule has 0 heterocycles. The predicted octanol–water partition coefficient (Wildman–Crippen LogP) is -2.02. The van der Waals surface area contributed by atoms with Gasteiger partial charge in [0.2, 0.25) is 17.7 Å². The molecular weight excluding hydrogens is 470 g/mol. The van der Waals surface area contributed by atoms with Crippen LogP contribution in [0.25, 0.3) is 0 Å². The molecule has 0 aliphatic rings. The zero-order valence-corrected chi connectivity index (χ0v) is 20.3. The molecule has 34 heavy (non-hydrogen) atoms. The van der Waals surface area contributed by atoms with Gasteiger partial charge < -0.3 is 42.7 Å². The Kier molecular flexibility index (Phi) is 15.9. The van der Waals surface area contributed by atoms with E-state index >= 15 is 0 Å². The summed E-state index contributed by atoms with van der Waals surface area (Å²) in [7, 11) is 0. The molecule has 0 fully saturated rings. The maximum absolute atomic E-state index is 12.9. The molecule has 0 aliphatic carbocycles. The Balaban J connectivity index is 5.48. The number of hydrogen-bond donors (Lipinski definition) is 8. The number of amides is 3. The summed E-state index contributed by atoms with van der Waals surface area (Å²) in [6, 6.07) is -4.88. The van der Waals surface area contributed by atoms with Crippen molar-refractivity contribution < 1.29 is 39.3 Å². The van der Waals surface area contributed by atoms with Gasteiger partial charge in [0.05, 0.1) is 6.10 Å². The molecule has 5 unspecified atom stereocenters. The monoisotopic (exact) mass is 507 g/mol. The van der Waals surface area contributed by atoms with E-state index in [9.17, 15) is 34.2 Å². The van der Waals surface area contributed by atoms with E-state index in [4.69, 9.17) is 16.6 Å². The van der Waals surface area contributed by atoms with Crippen LogP contribution in [0.4, 0.5) is 0 Å². The Bertz CT molecular complexity index is 694. The van der Waals surface area contributed by atoms with Gasteiger partial charge in [-0.15, -0.1) is 0 Å². The summed E-state index contributed by atoms with van der Waals surface area (Å²) in [6.07, 6.45) is 1.25. The van der Waals surface area contributed by atoms with Crippen LogP contribution in [0.3, 0.4) is 0 Å². The Morgan fingerprint density at radius 1 is 0.853 bits per heavy atom. The van der Waals surface area contributed by atoms with Gasteiger partial charge in [0.15, 0.2) is 0 Å². The van der Waals surface area contributed by atoms with Gasteiger partial charge in [-0.1, -0.05) is 0 Å². The van der Waals surface area contributed by atoms with Crippen LogP contribution >= 0.6 is 11.8 Å². The minimum Gasteiger partial charge on any atom is -0.481 e. The fraction of sp³-hybridized carbons (Fsp3) is 0.750. The minimum absolute atomic E-state index is 0.149. The van der Waals surface area contributed by atoms with Gasteiger partial charge in [-0.2, -0.15) is 11.8 Å². The maximum Gasteiger partial charge on any atom is 0.326 e. The Hall–Kier alpha value is -2.42. The van der Waals surface area contributed by atoms with E-state index in [-0.39, 0.29) is 19.3 Å². The van der Waals surface area contributed by atoms with Gasteiger partial charge >= 0.3 is 11.9 Å². The SMILES string of the molecule is CSCCC(NC(=O)C(N)C(C)O)C(=O)NC(CCCCN)C(=O)NC(CCC(=O)O)C(=O)O. The average molecular weight is 508 g/mol. The van der Waals surface area contributed by atoms with Gasteiger partial charge in [0, 0.05) is 6.42 Å². The number of thioether (sulfide) groups is 1. The number of rotatable bonds is 18. The summed E-state index contributed by atoms with van der Waals surface area (Å²) in [5.74, 6) is -4.32. The van der Waals surface area contributed by atoms with Crippen molar-refractivity contribution in [2.45, 2.75) is 75.7 Å².